The number of para-hydroxylation sites is 1. The summed E-state index contributed by atoms with van der Waals surface area (Å²) in [7, 11) is 0. The Morgan fingerprint density at radius 2 is 0.688 bits per heavy atom. The third-order valence-electron chi connectivity index (χ3n) is 16.6. The maximum absolute atomic E-state index is 2.56. The highest BCUT2D eigenvalue weighted by Crippen LogP contribution is 2.60. The van der Waals surface area contributed by atoms with Gasteiger partial charge in [-0.05, 0) is 178 Å². The first-order chi connectivity index (χ1) is 30.7. The van der Waals surface area contributed by atoms with Gasteiger partial charge >= 0.3 is 0 Å². The predicted octanol–water partition coefficient (Wildman–Crippen LogP) is 17.0. The number of fused-ring (bicyclic) bond motifs is 16. The molecule has 0 bridgehead atoms. The molecule has 0 amide bonds. The third kappa shape index (κ3) is 4.70. The van der Waals surface area contributed by atoms with E-state index in [2.05, 4.69) is 225 Å². The molecule has 0 saturated heterocycles. The van der Waals surface area contributed by atoms with Crippen LogP contribution in [0.1, 0.15) is 105 Å². The van der Waals surface area contributed by atoms with E-state index in [9.17, 15) is 0 Å². The maximum Gasteiger partial charge on any atom is 0.0490 e. The Hall–Kier alpha value is -6.70. The molecule has 0 aliphatic heterocycles. The molecule has 0 atom stereocenters. The highest BCUT2D eigenvalue weighted by Gasteiger charge is 2.44. The van der Waals surface area contributed by atoms with Gasteiger partial charge < -0.3 is 4.90 Å². The van der Waals surface area contributed by atoms with Gasteiger partial charge in [0.2, 0.25) is 0 Å². The molecule has 0 fully saturated rings. The van der Waals surface area contributed by atoms with Crippen molar-refractivity contribution >= 4 is 38.6 Å². The minimum atomic E-state index is -0.190. The topological polar surface area (TPSA) is 3.24 Å². The molecule has 0 saturated carbocycles. The monoisotopic (exact) mass is 823 g/mol. The Labute approximate surface area is 378 Å². The van der Waals surface area contributed by atoms with E-state index in [4.69, 9.17) is 0 Å². The van der Waals surface area contributed by atoms with Crippen molar-refractivity contribution in [2.75, 3.05) is 4.90 Å². The molecule has 0 N–H and O–H groups in total. The summed E-state index contributed by atoms with van der Waals surface area (Å²) in [6, 6.07) is 60.9. The van der Waals surface area contributed by atoms with Gasteiger partial charge in [-0.15, -0.1) is 0 Å². The van der Waals surface area contributed by atoms with Crippen molar-refractivity contribution < 1.29 is 0 Å². The summed E-state index contributed by atoms with van der Waals surface area (Å²) in [5.74, 6) is 0. The molecule has 9 aromatic carbocycles. The van der Waals surface area contributed by atoms with Gasteiger partial charge in [0.1, 0.15) is 0 Å². The molecule has 0 radical (unpaired) electrons. The van der Waals surface area contributed by atoms with Crippen LogP contribution in [0.2, 0.25) is 0 Å². The van der Waals surface area contributed by atoms with Crippen molar-refractivity contribution in [2.45, 2.75) is 84.0 Å². The molecule has 1 nitrogen and oxygen atoms in total. The number of hydrogen-bond donors (Lipinski definition) is 0. The van der Waals surface area contributed by atoms with Gasteiger partial charge in [-0.2, -0.15) is 0 Å². The van der Waals surface area contributed by atoms with Crippen LogP contribution in [-0.2, 0) is 21.7 Å². The largest absolute Gasteiger partial charge is 0.310 e. The minimum Gasteiger partial charge on any atom is -0.310 e. The van der Waals surface area contributed by atoms with Crippen LogP contribution >= 0.6 is 0 Å². The van der Waals surface area contributed by atoms with Crippen molar-refractivity contribution in [3.05, 3.63) is 208 Å². The lowest BCUT2D eigenvalue weighted by molar-refractivity contribution is 0.652. The Bertz CT molecular complexity index is 3360. The summed E-state index contributed by atoms with van der Waals surface area (Å²) in [4.78, 5) is 2.52. The van der Waals surface area contributed by atoms with Crippen molar-refractivity contribution in [1.82, 2.24) is 0 Å². The number of anilines is 3. The van der Waals surface area contributed by atoms with Gasteiger partial charge in [0, 0.05) is 38.7 Å². The maximum atomic E-state index is 2.56. The molecular weight excluding hydrogens is 771 g/mol. The van der Waals surface area contributed by atoms with Crippen LogP contribution in [0.25, 0.3) is 66.1 Å². The van der Waals surface area contributed by atoms with Gasteiger partial charge in [0.25, 0.3) is 0 Å². The van der Waals surface area contributed by atoms with Crippen LogP contribution in [-0.4, -0.2) is 0 Å². The van der Waals surface area contributed by atoms with E-state index >= 15 is 0 Å². The second-order valence-corrected chi connectivity index (χ2v) is 21.4. The zero-order valence-electron chi connectivity index (χ0n) is 38.5. The van der Waals surface area contributed by atoms with Crippen LogP contribution in [0.15, 0.2) is 158 Å². The third-order valence-corrected chi connectivity index (χ3v) is 16.6. The predicted molar refractivity (Wildman–Crippen MR) is 271 cm³/mol. The number of aryl methyl sites for hydroxylation is 1. The summed E-state index contributed by atoms with van der Waals surface area (Å²) in [5, 5.41) is 5.31. The number of nitrogens with zero attached hydrogens (tertiary/aromatic N) is 1. The first-order valence-electron chi connectivity index (χ1n) is 23.3. The molecule has 4 aliphatic carbocycles. The lowest BCUT2D eigenvalue weighted by Crippen LogP contribution is -2.18. The van der Waals surface area contributed by atoms with Gasteiger partial charge in [0.05, 0.1) is 0 Å². The Morgan fingerprint density at radius 1 is 0.312 bits per heavy atom. The van der Waals surface area contributed by atoms with E-state index in [0.717, 1.165) is 0 Å². The Balaban J connectivity index is 0.948. The van der Waals surface area contributed by atoms with Gasteiger partial charge in [-0.1, -0.05) is 159 Å². The average Bonchev–Trinajstić information content (AvgIpc) is 3.85. The number of hydrogen-bond acceptors (Lipinski definition) is 1. The molecule has 64 heavy (non-hydrogen) atoms. The van der Waals surface area contributed by atoms with E-state index < -0.39 is 0 Å². The normalized spacial score (nSPS) is 16.7. The fourth-order valence-corrected chi connectivity index (χ4v) is 13.0. The van der Waals surface area contributed by atoms with Crippen molar-refractivity contribution in [1.29, 1.82) is 0 Å². The zero-order chi connectivity index (χ0) is 43.8. The van der Waals surface area contributed by atoms with E-state index in [1.54, 1.807) is 0 Å². The highest BCUT2D eigenvalue weighted by atomic mass is 15.1. The molecule has 13 rings (SSSR count). The molecule has 1 heteroatoms. The number of benzene rings is 9. The Kier molecular flexibility index (Phi) is 7.27. The van der Waals surface area contributed by atoms with Crippen LogP contribution in [0.5, 0.6) is 0 Å². The highest BCUT2D eigenvalue weighted by molar-refractivity contribution is 6.05. The van der Waals surface area contributed by atoms with Gasteiger partial charge in [-0.3, -0.25) is 0 Å². The molecule has 9 aromatic rings. The quantitative estimate of drug-likeness (QED) is 0.172. The molecule has 0 heterocycles. The molecule has 0 spiro atoms. The molecule has 0 unspecified atom stereocenters. The lowest BCUT2D eigenvalue weighted by Gasteiger charge is -2.30. The average molecular weight is 824 g/mol. The smallest absolute Gasteiger partial charge is 0.0490 e. The number of rotatable bonds is 3. The molecule has 310 valence electrons. The lowest BCUT2D eigenvalue weighted by atomic mass is 9.79. The SMILES string of the molecule is Cc1ccccc1N(c1ccc2c(c1)C(C)(C)c1cc3c(cc1-2)C(C)(C)c1ccc2ccccc2c1-3)c1ccc2c(c1)C(C)(C)c1cc3c(cc1-2)C(C)(C)c1ccc2ccccc2c1-3. The Morgan fingerprint density at radius 3 is 1.16 bits per heavy atom. The summed E-state index contributed by atoms with van der Waals surface area (Å²) in [5.41, 5.74) is 26.7. The molecular formula is C63H53N. The van der Waals surface area contributed by atoms with Crippen LogP contribution in [0.4, 0.5) is 17.1 Å². The zero-order valence-corrected chi connectivity index (χ0v) is 38.5. The van der Waals surface area contributed by atoms with E-state index in [1.165, 1.54) is 133 Å². The summed E-state index contributed by atoms with van der Waals surface area (Å²) < 4.78 is 0. The van der Waals surface area contributed by atoms with Crippen molar-refractivity contribution in [3.8, 4) is 44.5 Å². The summed E-state index contributed by atoms with van der Waals surface area (Å²) in [6.45, 7) is 21.6. The van der Waals surface area contributed by atoms with Crippen LogP contribution in [0.3, 0.4) is 0 Å². The second-order valence-electron chi connectivity index (χ2n) is 21.4. The van der Waals surface area contributed by atoms with E-state index in [1.807, 2.05) is 0 Å². The summed E-state index contributed by atoms with van der Waals surface area (Å²) >= 11 is 0. The summed E-state index contributed by atoms with van der Waals surface area (Å²) in [6.07, 6.45) is 0. The van der Waals surface area contributed by atoms with Crippen LogP contribution < -0.4 is 4.90 Å². The molecule has 4 aliphatic rings. The van der Waals surface area contributed by atoms with Crippen molar-refractivity contribution in [2.24, 2.45) is 0 Å². The fourth-order valence-electron chi connectivity index (χ4n) is 13.0. The fraction of sp³-hybridized carbons (Fsp3) is 0.206. The first-order valence-corrected chi connectivity index (χ1v) is 23.3. The minimum absolute atomic E-state index is 0.0889. The molecule has 0 aromatic heterocycles. The first kappa shape index (κ1) is 37.8. The van der Waals surface area contributed by atoms with Gasteiger partial charge in [-0.25, -0.2) is 0 Å². The standard InChI is InChI=1S/C63H53N/c1-36-16-10-15-21-57(36)64(39-24-26-43-45-32-55-47(34-53(45)62(6,7)51(43)30-39)58-41-19-13-11-17-37(41)22-28-49(58)60(55,2)3)40-25-27-44-46-33-56-48(35-54(46)63(8,9)52(44)31-40)59-42-20-14-12-18-38(42)23-29-50(59)61(56,4)5/h10-35H,1-9H3. The second kappa shape index (κ2) is 12.3. The van der Waals surface area contributed by atoms with Crippen LogP contribution in [0, 0.1) is 6.92 Å². The van der Waals surface area contributed by atoms with Crippen molar-refractivity contribution in [3.63, 3.8) is 0 Å². The van der Waals surface area contributed by atoms with Gasteiger partial charge in [0.15, 0.2) is 0 Å². The van der Waals surface area contributed by atoms with E-state index in [0.29, 0.717) is 0 Å². The van der Waals surface area contributed by atoms with E-state index in [-0.39, 0.29) is 21.7 Å².